The number of carbonyl (C=O) groups excluding carboxylic acids is 1. The Morgan fingerprint density at radius 2 is 1.85 bits per heavy atom. The van der Waals surface area contributed by atoms with Crippen LogP contribution in [-0.4, -0.2) is 59.7 Å². The topological polar surface area (TPSA) is 93.2 Å². The molecule has 5 heterocycles. The molecule has 1 aliphatic heterocycles. The maximum atomic E-state index is 13.6. The Hall–Kier alpha value is -4.65. The van der Waals surface area contributed by atoms with Crippen molar-refractivity contribution in [1.82, 2.24) is 34.3 Å². The first kappa shape index (κ1) is 24.7. The van der Waals surface area contributed by atoms with Crippen molar-refractivity contribution in [2.75, 3.05) is 18.4 Å². The second-order valence-corrected chi connectivity index (χ2v) is 9.00. The van der Waals surface area contributed by atoms with Crippen molar-refractivity contribution in [2.24, 2.45) is 0 Å². The predicted octanol–water partition coefficient (Wildman–Crippen LogP) is 4.27. The van der Waals surface area contributed by atoms with E-state index in [4.69, 9.17) is 5.10 Å². The summed E-state index contributed by atoms with van der Waals surface area (Å²) in [5.41, 5.74) is 3.54. The smallest absolute Gasteiger partial charge is 0.257 e. The molecule has 0 radical (unpaired) electrons. The van der Waals surface area contributed by atoms with Crippen molar-refractivity contribution in [2.45, 2.75) is 19.5 Å². The molecule has 4 aromatic heterocycles. The lowest BCUT2D eigenvalue weighted by Gasteiger charge is -2.27. The zero-order chi connectivity index (χ0) is 27.1. The number of amides is 1. The van der Waals surface area contributed by atoms with Crippen LogP contribution in [0.1, 0.15) is 16.1 Å². The van der Waals surface area contributed by atoms with Gasteiger partial charge in [0.1, 0.15) is 11.5 Å². The molecule has 0 saturated heterocycles. The van der Waals surface area contributed by atoms with Gasteiger partial charge in [0.15, 0.2) is 11.5 Å². The third-order valence-corrected chi connectivity index (χ3v) is 6.38. The lowest BCUT2D eigenvalue weighted by atomic mass is 10.0. The number of nitrogens with one attached hydrogen (secondary N) is 1. The quantitative estimate of drug-likeness (QED) is 0.258. The van der Waals surface area contributed by atoms with Crippen LogP contribution < -0.4 is 5.32 Å². The number of hydrogen-bond donors (Lipinski definition) is 1. The average molecular weight is 536 g/mol. The Morgan fingerprint density at radius 3 is 2.62 bits per heavy atom. The van der Waals surface area contributed by atoms with E-state index in [0.717, 1.165) is 6.07 Å². The highest BCUT2D eigenvalue weighted by molar-refractivity contribution is 6.03. The number of benzene rings is 1. The lowest BCUT2D eigenvalue weighted by molar-refractivity contribution is 0.0738. The van der Waals surface area contributed by atoms with Gasteiger partial charge >= 0.3 is 0 Å². The molecule has 0 unspecified atom stereocenters. The molecule has 1 N–H and O–H groups in total. The zero-order valence-electron chi connectivity index (χ0n) is 20.2. The Bertz CT molecular complexity index is 1680. The SMILES string of the molecule is O=C(Nc1cn2nc(-c3c(-c4ccc(F)cc4)nn4c3CN(CC(F)F)CC4)ccc2n1)c1ccnc(F)c1. The number of nitrogens with zero attached hydrogens (tertiary/aromatic N) is 7. The number of pyridine rings is 1. The van der Waals surface area contributed by atoms with Crippen LogP contribution in [0.15, 0.2) is 60.9 Å². The van der Waals surface area contributed by atoms with Gasteiger partial charge in [-0.15, -0.1) is 0 Å². The minimum atomic E-state index is -2.47. The van der Waals surface area contributed by atoms with Gasteiger partial charge < -0.3 is 5.32 Å². The second-order valence-electron chi connectivity index (χ2n) is 9.00. The highest BCUT2D eigenvalue weighted by Crippen LogP contribution is 2.36. The maximum absolute atomic E-state index is 13.6. The van der Waals surface area contributed by atoms with Crippen LogP contribution in [0.5, 0.6) is 0 Å². The monoisotopic (exact) mass is 536 g/mol. The molecule has 0 aliphatic carbocycles. The molecule has 39 heavy (non-hydrogen) atoms. The first-order valence-electron chi connectivity index (χ1n) is 12.0. The van der Waals surface area contributed by atoms with Crippen LogP contribution in [0.4, 0.5) is 23.4 Å². The standard InChI is InChI=1S/C26H20F4N8O/c27-17-3-1-15(2-4-17)25-24(19-12-36(13-20(28)29)9-10-37(19)35-25)18-5-6-23-32-22(14-38(23)34-18)33-26(39)16-7-8-31-21(30)11-16/h1-8,11,14,20H,9-10,12-13H2,(H,33,39). The van der Waals surface area contributed by atoms with E-state index < -0.39 is 24.1 Å². The van der Waals surface area contributed by atoms with E-state index in [0.29, 0.717) is 46.9 Å². The number of alkyl halides is 2. The molecule has 9 nitrogen and oxygen atoms in total. The molecular weight excluding hydrogens is 516 g/mol. The Labute approximate surface area is 218 Å². The van der Waals surface area contributed by atoms with E-state index in [-0.39, 0.29) is 24.5 Å². The van der Waals surface area contributed by atoms with Crippen LogP contribution in [0.25, 0.3) is 28.2 Å². The Kier molecular flexibility index (Phi) is 6.27. The molecule has 0 saturated carbocycles. The summed E-state index contributed by atoms with van der Waals surface area (Å²) in [6.07, 6.45) is 0.220. The van der Waals surface area contributed by atoms with Crippen molar-refractivity contribution < 1.29 is 22.4 Å². The summed E-state index contributed by atoms with van der Waals surface area (Å²) in [5, 5.41) is 12.0. The van der Waals surface area contributed by atoms with Crippen molar-refractivity contribution >= 4 is 17.4 Å². The highest BCUT2D eigenvalue weighted by Gasteiger charge is 2.28. The summed E-state index contributed by atoms with van der Waals surface area (Å²) in [6, 6.07) is 11.7. The Morgan fingerprint density at radius 1 is 1.03 bits per heavy atom. The van der Waals surface area contributed by atoms with Crippen molar-refractivity contribution in [3.63, 3.8) is 0 Å². The third kappa shape index (κ3) is 4.95. The fraction of sp³-hybridized carbons (Fsp3) is 0.192. The Balaban J connectivity index is 1.39. The first-order chi connectivity index (χ1) is 18.8. The van der Waals surface area contributed by atoms with E-state index in [1.54, 1.807) is 33.8 Å². The van der Waals surface area contributed by atoms with E-state index in [9.17, 15) is 22.4 Å². The predicted molar refractivity (Wildman–Crippen MR) is 133 cm³/mol. The summed E-state index contributed by atoms with van der Waals surface area (Å²) in [4.78, 5) is 22.0. The largest absolute Gasteiger partial charge is 0.305 e. The molecule has 0 bridgehead atoms. The fourth-order valence-corrected chi connectivity index (χ4v) is 4.61. The maximum Gasteiger partial charge on any atom is 0.257 e. The van der Waals surface area contributed by atoms with Crippen molar-refractivity contribution in [3.8, 4) is 22.5 Å². The first-order valence-corrected chi connectivity index (χ1v) is 12.0. The van der Waals surface area contributed by atoms with Crippen LogP contribution in [0.2, 0.25) is 0 Å². The minimum absolute atomic E-state index is 0.0806. The van der Waals surface area contributed by atoms with E-state index in [2.05, 4.69) is 20.4 Å². The highest BCUT2D eigenvalue weighted by atomic mass is 19.3. The van der Waals surface area contributed by atoms with Gasteiger partial charge in [-0.1, -0.05) is 0 Å². The summed E-state index contributed by atoms with van der Waals surface area (Å²) < 4.78 is 56.6. The summed E-state index contributed by atoms with van der Waals surface area (Å²) in [5.74, 6) is -1.55. The average Bonchev–Trinajstić information content (AvgIpc) is 3.48. The number of imidazole rings is 1. The van der Waals surface area contributed by atoms with Gasteiger partial charge in [0.05, 0.1) is 36.2 Å². The zero-order valence-corrected chi connectivity index (χ0v) is 20.2. The summed E-state index contributed by atoms with van der Waals surface area (Å²) in [7, 11) is 0. The van der Waals surface area contributed by atoms with Crippen molar-refractivity contribution in [1.29, 1.82) is 0 Å². The van der Waals surface area contributed by atoms with Gasteiger partial charge in [-0.3, -0.25) is 14.4 Å². The molecular formula is C26H20F4N8O. The molecule has 1 aromatic carbocycles. The number of hydrogen-bond acceptors (Lipinski definition) is 6. The number of halogens is 4. The van der Waals surface area contributed by atoms with E-state index >= 15 is 0 Å². The van der Waals surface area contributed by atoms with Gasteiger partial charge in [-0.25, -0.2) is 27.7 Å². The molecule has 198 valence electrons. The lowest BCUT2D eigenvalue weighted by Crippen LogP contribution is -2.37. The minimum Gasteiger partial charge on any atom is -0.305 e. The number of anilines is 1. The molecule has 1 amide bonds. The summed E-state index contributed by atoms with van der Waals surface area (Å²) >= 11 is 0. The fourth-order valence-electron chi connectivity index (χ4n) is 4.61. The van der Waals surface area contributed by atoms with Crippen LogP contribution in [-0.2, 0) is 13.1 Å². The van der Waals surface area contributed by atoms with Crippen LogP contribution in [0, 0.1) is 11.8 Å². The molecule has 0 fully saturated rings. The third-order valence-electron chi connectivity index (χ3n) is 6.38. The van der Waals surface area contributed by atoms with Crippen molar-refractivity contribution in [3.05, 3.63) is 83.9 Å². The van der Waals surface area contributed by atoms with Crippen LogP contribution >= 0.6 is 0 Å². The van der Waals surface area contributed by atoms with E-state index in [1.165, 1.54) is 35.1 Å². The summed E-state index contributed by atoms with van der Waals surface area (Å²) in [6.45, 7) is 0.700. The molecule has 1 aliphatic rings. The molecule has 13 heteroatoms. The molecule has 6 rings (SSSR count). The molecule has 0 spiro atoms. The number of aromatic nitrogens is 6. The molecule has 0 atom stereocenters. The van der Waals surface area contributed by atoms with Gasteiger partial charge in [0.2, 0.25) is 5.95 Å². The van der Waals surface area contributed by atoms with Gasteiger partial charge in [-0.05, 0) is 42.5 Å². The van der Waals surface area contributed by atoms with Gasteiger partial charge in [-0.2, -0.15) is 14.6 Å². The van der Waals surface area contributed by atoms with E-state index in [1.807, 2.05) is 0 Å². The second kappa shape index (κ2) is 9.91. The normalized spacial score (nSPS) is 13.7. The number of fused-ring (bicyclic) bond motifs is 2. The number of rotatable bonds is 6. The number of carbonyl (C=O) groups is 1. The molecule has 5 aromatic rings. The van der Waals surface area contributed by atoms with Crippen LogP contribution in [0.3, 0.4) is 0 Å². The van der Waals surface area contributed by atoms with Gasteiger partial charge in [0, 0.05) is 36.5 Å². The van der Waals surface area contributed by atoms with Gasteiger partial charge in [0.25, 0.3) is 12.3 Å².